The van der Waals surface area contributed by atoms with E-state index in [1.165, 1.54) is 13.2 Å². The second-order valence-electron chi connectivity index (χ2n) is 4.13. The molecule has 1 amide bonds. The number of nitrogens with two attached hydrogens (primary N) is 1. The summed E-state index contributed by atoms with van der Waals surface area (Å²) in [6.07, 6.45) is 0. The highest BCUT2D eigenvalue weighted by Crippen LogP contribution is 2.22. The fourth-order valence-corrected chi connectivity index (χ4v) is 1.83. The summed E-state index contributed by atoms with van der Waals surface area (Å²) in [6.45, 7) is 0.431. The largest absolute Gasteiger partial charge is 0.383 e. The molecule has 0 fully saturated rings. The van der Waals surface area contributed by atoms with E-state index in [-0.39, 0.29) is 23.5 Å². The van der Waals surface area contributed by atoms with Gasteiger partial charge in [-0.1, -0.05) is 0 Å². The molecule has 8 heteroatoms. The van der Waals surface area contributed by atoms with Crippen molar-refractivity contribution in [1.29, 1.82) is 0 Å². The summed E-state index contributed by atoms with van der Waals surface area (Å²) in [7, 11) is 1.51. The van der Waals surface area contributed by atoms with Gasteiger partial charge in [-0.2, -0.15) is 0 Å². The number of aromatic nitrogens is 2. The molecule has 2 aromatic rings. The van der Waals surface area contributed by atoms with Crippen molar-refractivity contribution in [3.05, 3.63) is 23.8 Å². The highest BCUT2D eigenvalue weighted by Gasteiger charge is 2.17. The SMILES string of the molecule is COCCNC(=O)Cn1c(N)nc2ccc(F)c(F)c21. The Bertz CT molecular complexity index is 642. The van der Waals surface area contributed by atoms with Crippen molar-refractivity contribution >= 4 is 22.9 Å². The Balaban J connectivity index is 2.27. The van der Waals surface area contributed by atoms with Crippen LogP contribution in [0.25, 0.3) is 11.0 Å². The van der Waals surface area contributed by atoms with Crippen LogP contribution in [0.5, 0.6) is 0 Å². The number of rotatable bonds is 5. The molecule has 1 aromatic carbocycles. The molecule has 0 unspecified atom stereocenters. The van der Waals surface area contributed by atoms with Gasteiger partial charge in [0.05, 0.1) is 12.1 Å². The number of halogens is 2. The first-order valence-electron chi connectivity index (χ1n) is 5.90. The lowest BCUT2D eigenvalue weighted by molar-refractivity contribution is -0.121. The van der Waals surface area contributed by atoms with Gasteiger partial charge < -0.3 is 15.8 Å². The van der Waals surface area contributed by atoms with Crippen LogP contribution in [0.2, 0.25) is 0 Å². The third kappa shape index (κ3) is 2.69. The first-order valence-corrected chi connectivity index (χ1v) is 5.90. The Morgan fingerprint density at radius 2 is 2.25 bits per heavy atom. The quantitative estimate of drug-likeness (QED) is 0.790. The maximum atomic E-state index is 13.8. The topological polar surface area (TPSA) is 82.2 Å². The molecule has 6 nitrogen and oxygen atoms in total. The van der Waals surface area contributed by atoms with Crippen LogP contribution in [-0.4, -0.2) is 35.7 Å². The first-order chi connectivity index (χ1) is 9.54. The Labute approximate surface area is 113 Å². The van der Waals surface area contributed by atoms with E-state index in [0.717, 1.165) is 10.6 Å². The highest BCUT2D eigenvalue weighted by molar-refractivity contribution is 5.83. The van der Waals surface area contributed by atoms with E-state index in [2.05, 4.69) is 10.3 Å². The van der Waals surface area contributed by atoms with Crippen LogP contribution in [-0.2, 0) is 16.1 Å². The van der Waals surface area contributed by atoms with Gasteiger partial charge in [0.15, 0.2) is 11.6 Å². The van der Waals surface area contributed by atoms with Gasteiger partial charge in [0.2, 0.25) is 11.9 Å². The van der Waals surface area contributed by atoms with Crippen LogP contribution in [0.3, 0.4) is 0 Å². The van der Waals surface area contributed by atoms with Gasteiger partial charge >= 0.3 is 0 Å². The van der Waals surface area contributed by atoms with Gasteiger partial charge in [0.1, 0.15) is 12.1 Å². The van der Waals surface area contributed by atoms with E-state index in [9.17, 15) is 13.6 Å². The van der Waals surface area contributed by atoms with Gasteiger partial charge in [-0.3, -0.25) is 9.36 Å². The van der Waals surface area contributed by atoms with Crippen LogP contribution < -0.4 is 11.1 Å². The van der Waals surface area contributed by atoms with E-state index in [1.54, 1.807) is 0 Å². The minimum Gasteiger partial charge on any atom is -0.383 e. The fourth-order valence-electron chi connectivity index (χ4n) is 1.83. The van der Waals surface area contributed by atoms with Crippen molar-refractivity contribution in [2.75, 3.05) is 26.0 Å². The maximum absolute atomic E-state index is 13.8. The molecule has 0 aliphatic heterocycles. The number of hydrogen-bond acceptors (Lipinski definition) is 4. The maximum Gasteiger partial charge on any atom is 0.240 e. The van der Waals surface area contributed by atoms with Crippen LogP contribution in [0.4, 0.5) is 14.7 Å². The highest BCUT2D eigenvalue weighted by atomic mass is 19.2. The van der Waals surface area contributed by atoms with E-state index >= 15 is 0 Å². The smallest absolute Gasteiger partial charge is 0.240 e. The van der Waals surface area contributed by atoms with Gasteiger partial charge in [0, 0.05) is 13.7 Å². The number of carbonyl (C=O) groups is 1. The van der Waals surface area contributed by atoms with E-state index in [1.807, 2.05) is 0 Å². The van der Waals surface area contributed by atoms with Gasteiger partial charge in [0.25, 0.3) is 0 Å². The summed E-state index contributed by atoms with van der Waals surface area (Å²) in [4.78, 5) is 15.6. The Morgan fingerprint density at radius 1 is 1.50 bits per heavy atom. The number of hydrogen-bond donors (Lipinski definition) is 2. The number of anilines is 1. The average Bonchev–Trinajstić information content (AvgIpc) is 2.72. The average molecular weight is 284 g/mol. The molecule has 0 bridgehead atoms. The van der Waals surface area contributed by atoms with Crippen molar-refractivity contribution < 1.29 is 18.3 Å². The zero-order valence-corrected chi connectivity index (χ0v) is 10.8. The Kier molecular flexibility index (Phi) is 4.14. The third-order valence-electron chi connectivity index (χ3n) is 2.76. The number of fused-ring (bicyclic) bond motifs is 1. The molecular weight excluding hydrogens is 270 g/mol. The number of nitrogen functional groups attached to an aromatic ring is 1. The molecular formula is C12H14F2N4O2. The standard InChI is InChI=1S/C12H14F2N4O2/c1-20-5-4-16-9(19)6-18-11-8(17-12(18)15)3-2-7(13)10(11)14/h2-3H,4-6H2,1H3,(H2,15,17)(H,16,19). The molecule has 0 aliphatic carbocycles. The Morgan fingerprint density at radius 3 is 2.95 bits per heavy atom. The predicted molar refractivity (Wildman–Crippen MR) is 68.9 cm³/mol. The number of nitrogens with one attached hydrogen (secondary N) is 1. The number of nitrogens with zero attached hydrogens (tertiary/aromatic N) is 2. The third-order valence-corrected chi connectivity index (χ3v) is 2.76. The van der Waals surface area contributed by atoms with E-state index in [4.69, 9.17) is 10.5 Å². The Hall–Kier alpha value is -2.22. The van der Waals surface area contributed by atoms with Crippen LogP contribution in [0.1, 0.15) is 0 Å². The molecule has 3 N–H and O–H groups in total. The van der Waals surface area contributed by atoms with Crippen LogP contribution >= 0.6 is 0 Å². The number of imidazole rings is 1. The number of amides is 1. The van der Waals surface area contributed by atoms with E-state index < -0.39 is 17.5 Å². The number of ether oxygens (including phenoxy) is 1. The normalized spacial score (nSPS) is 10.9. The zero-order valence-electron chi connectivity index (χ0n) is 10.8. The summed E-state index contributed by atoms with van der Waals surface area (Å²) < 4.78 is 33.0. The second-order valence-corrected chi connectivity index (χ2v) is 4.13. The lowest BCUT2D eigenvalue weighted by Crippen LogP contribution is -2.30. The fraction of sp³-hybridized carbons (Fsp3) is 0.333. The molecule has 0 aliphatic rings. The lowest BCUT2D eigenvalue weighted by Gasteiger charge is -2.08. The predicted octanol–water partition coefficient (Wildman–Crippen LogP) is 0.659. The van der Waals surface area contributed by atoms with Gasteiger partial charge in [-0.25, -0.2) is 13.8 Å². The second kappa shape index (κ2) is 5.83. The molecule has 1 aromatic heterocycles. The number of methoxy groups -OCH3 is 1. The molecule has 0 atom stereocenters. The summed E-state index contributed by atoms with van der Waals surface area (Å²) in [6, 6.07) is 2.27. The van der Waals surface area contributed by atoms with Gasteiger partial charge in [-0.15, -0.1) is 0 Å². The van der Waals surface area contributed by atoms with E-state index in [0.29, 0.717) is 13.2 Å². The minimum atomic E-state index is -1.07. The molecule has 0 saturated heterocycles. The molecule has 2 rings (SSSR count). The molecule has 0 saturated carbocycles. The molecule has 108 valence electrons. The molecule has 0 spiro atoms. The van der Waals surface area contributed by atoms with Crippen molar-refractivity contribution in [2.45, 2.75) is 6.54 Å². The van der Waals surface area contributed by atoms with Crippen molar-refractivity contribution in [1.82, 2.24) is 14.9 Å². The number of carbonyl (C=O) groups excluding carboxylic acids is 1. The summed E-state index contributed by atoms with van der Waals surface area (Å²) in [5, 5.41) is 2.56. The molecule has 20 heavy (non-hydrogen) atoms. The summed E-state index contributed by atoms with van der Waals surface area (Å²) in [5.74, 6) is -2.53. The van der Waals surface area contributed by atoms with Crippen LogP contribution in [0.15, 0.2) is 12.1 Å². The van der Waals surface area contributed by atoms with Crippen molar-refractivity contribution in [3.63, 3.8) is 0 Å². The van der Waals surface area contributed by atoms with Gasteiger partial charge in [-0.05, 0) is 12.1 Å². The summed E-state index contributed by atoms with van der Waals surface area (Å²) in [5.41, 5.74) is 5.71. The van der Waals surface area contributed by atoms with Crippen LogP contribution in [0, 0.1) is 11.6 Å². The first kappa shape index (κ1) is 14.2. The van der Waals surface area contributed by atoms with Crippen molar-refractivity contribution in [3.8, 4) is 0 Å². The molecule has 1 heterocycles. The molecule has 0 radical (unpaired) electrons. The summed E-state index contributed by atoms with van der Waals surface area (Å²) >= 11 is 0. The minimum absolute atomic E-state index is 0.0496. The monoisotopic (exact) mass is 284 g/mol. The lowest BCUT2D eigenvalue weighted by atomic mass is 10.3. The number of benzene rings is 1. The van der Waals surface area contributed by atoms with Crippen molar-refractivity contribution in [2.24, 2.45) is 0 Å². The zero-order chi connectivity index (χ0) is 14.7.